The summed E-state index contributed by atoms with van der Waals surface area (Å²) >= 11 is 5.90. The lowest BCUT2D eigenvalue weighted by Crippen LogP contribution is -2.46. The second-order valence-corrected chi connectivity index (χ2v) is 9.64. The summed E-state index contributed by atoms with van der Waals surface area (Å²) in [6, 6.07) is 14.6. The van der Waals surface area contributed by atoms with E-state index in [1.165, 1.54) is 24.3 Å². The fourth-order valence-electron chi connectivity index (χ4n) is 5.65. The van der Waals surface area contributed by atoms with Gasteiger partial charge in [0, 0.05) is 18.0 Å². The van der Waals surface area contributed by atoms with Crippen molar-refractivity contribution in [3.05, 3.63) is 105 Å². The van der Waals surface area contributed by atoms with Gasteiger partial charge in [-0.15, -0.1) is 0 Å². The number of amides is 3. The topological polar surface area (TPSA) is 113 Å². The number of rotatable bonds is 4. The molecule has 0 radical (unpaired) electrons. The van der Waals surface area contributed by atoms with E-state index in [0.29, 0.717) is 0 Å². The van der Waals surface area contributed by atoms with Gasteiger partial charge < -0.3 is 10.2 Å². The summed E-state index contributed by atoms with van der Waals surface area (Å²) in [7, 11) is 0. The number of fused-ring (bicyclic) bond motifs is 5. The zero-order valence-corrected chi connectivity index (χ0v) is 20.2. The molecule has 3 heterocycles. The fourth-order valence-corrected chi connectivity index (χ4v) is 5.83. The molecule has 9 nitrogen and oxygen atoms in total. The molecule has 38 heavy (non-hydrogen) atoms. The van der Waals surface area contributed by atoms with E-state index in [1.807, 2.05) is 30.3 Å². The number of carbonyl (C=O) groups excluding carboxylic acids is 3. The molecule has 1 unspecified atom stereocenters. The molecule has 3 aliphatic heterocycles. The van der Waals surface area contributed by atoms with Crippen LogP contribution in [0.15, 0.2) is 72.9 Å². The summed E-state index contributed by atoms with van der Waals surface area (Å²) in [5.74, 6) is -4.10. The Labute approximate surface area is 220 Å². The van der Waals surface area contributed by atoms with Gasteiger partial charge >= 0.3 is 0 Å². The molecule has 3 amide bonds. The molecule has 2 saturated heterocycles. The molecular formula is C27H18ClFN4O5. The Morgan fingerprint density at radius 3 is 2.45 bits per heavy atom. The second-order valence-electron chi connectivity index (χ2n) is 9.23. The van der Waals surface area contributed by atoms with Crippen molar-refractivity contribution in [2.24, 2.45) is 11.8 Å². The van der Waals surface area contributed by atoms with Gasteiger partial charge in [-0.05, 0) is 53.6 Å². The molecule has 1 N–H and O–H groups in total. The largest absolute Gasteiger partial charge is 0.357 e. The van der Waals surface area contributed by atoms with E-state index < -0.39 is 52.4 Å². The first-order valence-electron chi connectivity index (χ1n) is 11.7. The van der Waals surface area contributed by atoms with Gasteiger partial charge in [0.2, 0.25) is 17.7 Å². The number of nitro groups is 1. The van der Waals surface area contributed by atoms with Crippen molar-refractivity contribution in [1.82, 2.24) is 4.90 Å². The van der Waals surface area contributed by atoms with Gasteiger partial charge in [0.25, 0.3) is 5.69 Å². The van der Waals surface area contributed by atoms with Gasteiger partial charge in [-0.2, -0.15) is 0 Å². The maximum Gasteiger partial charge on any atom is 0.289 e. The first-order chi connectivity index (χ1) is 18.3. The fraction of sp³-hybridized carbons (Fsp3) is 0.148. The van der Waals surface area contributed by atoms with E-state index in [-0.39, 0.29) is 22.1 Å². The Balaban J connectivity index is 1.42. The van der Waals surface area contributed by atoms with Crippen LogP contribution in [0.5, 0.6) is 0 Å². The Hall–Kier alpha value is -4.57. The predicted molar refractivity (Wildman–Crippen MR) is 136 cm³/mol. The molecule has 2 fully saturated rings. The van der Waals surface area contributed by atoms with Gasteiger partial charge in [0.05, 0.1) is 28.5 Å². The summed E-state index contributed by atoms with van der Waals surface area (Å²) in [5.41, 5.74) is 1.62. The molecule has 3 aromatic rings. The lowest BCUT2D eigenvalue weighted by Gasteiger charge is -2.35. The Morgan fingerprint density at radius 2 is 1.71 bits per heavy atom. The number of anilines is 2. The van der Waals surface area contributed by atoms with Crippen molar-refractivity contribution in [1.29, 1.82) is 0 Å². The van der Waals surface area contributed by atoms with Crippen LogP contribution in [0.1, 0.15) is 17.2 Å². The number of halogens is 2. The van der Waals surface area contributed by atoms with E-state index in [1.54, 1.807) is 11.1 Å². The van der Waals surface area contributed by atoms with Gasteiger partial charge in [-0.1, -0.05) is 35.9 Å². The quantitative estimate of drug-likeness (QED) is 0.300. The highest BCUT2D eigenvalue weighted by molar-refractivity contribution is 6.32. The van der Waals surface area contributed by atoms with E-state index in [9.17, 15) is 28.9 Å². The Bertz CT molecular complexity index is 1560. The average molecular weight is 533 g/mol. The third-order valence-corrected chi connectivity index (χ3v) is 7.55. The van der Waals surface area contributed by atoms with Gasteiger partial charge in [0.15, 0.2) is 0 Å². The molecule has 0 aromatic heterocycles. The number of imide groups is 1. The first-order valence-corrected chi connectivity index (χ1v) is 12.1. The Kier molecular flexibility index (Phi) is 5.50. The van der Waals surface area contributed by atoms with E-state index in [0.717, 1.165) is 34.2 Å². The normalized spacial score (nSPS) is 23.2. The highest BCUT2D eigenvalue weighted by Crippen LogP contribution is 2.53. The number of nitrogens with one attached hydrogen (secondary N) is 1. The smallest absolute Gasteiger partial charge is 0.289 e. The summed E-state index contributed by atoms with van der Waals surface area (Å²) in [6.45, 7) is 0. The minimum atomic E-state index is -1.09. The molecule has 6 rings (SSSR count). The molecular weight excluding hydrogens is 515 g/mol. The van der Waals surface area contributed by atoms with E-state index in [2.05, 4.69) is 5.32 Å². The summed E-state index contributed by atoms with van der Waals surface area (Å²) in [5, 5.41) is 13.9. The van der Waals surface area contributed by atoms with Gasteiger partial charge in [0.1, 0.15) is 16.9 Å². The van der Waals surface area contributed by atoms with Crippen LogP contribution in [-0.4, -0.2) is 33.6 Å². The van der Waals surface area contributed by atoms with Gasteiger partial charge in [-0.3, -0.25) is 24.5 Å². The predicted octanol–water partition coefficient (Wildman–Crippen LogP) is 4.54. The van der Waals surface area contributed by atoms with E-state index >= 15 is 0 Å². The zero-order valence-electron chi connectivity index (χ0n) is 19.5. The average Bonchev–Trinajstić information content (AvgIpc) is 3.38. The first kappa shape index (κ1) is 23.8. The number of nitrogens with zero attached hydrogens (tertiary/aromatic N) is 3. The monoisotopic (exact) mass is 532 g/mol. The van der Waals surface area contributed by atoms with Crippen LogP contribution < -0.4 is 10.2 Å². The number of hydrogen-bond acceptors (Lipinski definition) is 6. The number of hydrogen-bond donors (Lipinski definition) is 1. The maximum atomic E-state index is 13.8. The van der Waals surface area contributed by atoms with Crippen molar-refractivity contribution < 1.29 is 23.7 Å². The third-order valence-electron chi connectivity index (χ3n) is 7.23. The van der Waals surface area contributed by atoms with Crippen molar-refractivity contribution in [3.63, 3.8) is 0 Å². The highest BCUT2D eigenvalue weighted by atomic mass is 35.5. The zero-order chi connectivity index (χ0) is 26.7. The van der Waals surface area contributed by atoms with Crippen LogP contribution in [0.2, 0.25) is 5.02 Å². The van der Waals surface area contributed by atoms with Crippen LogP contribution in [0.3, 0.4) is 0 Å². The lowest BCUT2D eigenvalue weighted by atomic mass is 9.84. The van der Waals surface area contributed by atoms with Gasteiger partial charge in [-0.25, -0.2) is 9.29 Å². The lowest BCUT2D eigenvalue weighted by molar-refractivity contribution is -0.384. The summed E-state index contributed by atoms with van der Waals surface area (Å²) in [6.07, 6.45) is 3.51. The minimum absolute atomic E-state index is 0.0870. The molecule has 190 valence electrons. The second kappa shape index (κ2) is 8.77. The summed E-state index contributed by atoms with van der Waals surface area (Å²) in [4.78, 5) is 54.6. The standard InChI is InChI=1S/C27H18ClFN4O5/c28-19-10-7-16(13-20(19)33(37)38)30-25(34)24-22-21(23-18-4-2-1-3-14(18)11-12-31(23)24)26(35)32(27(22)36)17-8-5-15(29)6-9-17/h1-13,21-24H,(H,30,34)/t21-,22+,23?,24-/m0/s1. The van der Waals surface area contributed by atoms with E-state index in [4.69, 9.17) is 11.6 Å². The number of nitro benzene ring substituents is 1. The van der Waals surface area contributed by atoms with Crippen molar-refractivity contribution in [2.45, 2.75) is 12.1 Å². The molecule has 11 heteroatoms. The molecule has 3 aromatic carbocycles. The Morgan fingerprint density at radius 1 is 1.00 bits per heavy atom. The van der Waals surface area contributed by atoms with Crippen LogP contribution in [0.4, 0.5) is 21.5 Å². The molecule has 3 aliphatic rings. The third kappa shape index (κ3) is 3.56. The van der Waals surface area contributed by atoms with Crippen molar-refractivity contribution >= 4 is 52.5 Å². The maximum absolute atomic E-state index is 13.8. The molecule has 0 bridgehead atoms. The molecule has 0 aliphatic carbocycles. The summed E-state index contributed by atoms with van der Waals surface area (Å²) < 4.78 is 13.6. The van der Waals surface area contributed by atoms with Crippen molar-refractivity contribution in [3.8, 4) is 0 Å². The number of carbonyl (C=O) groups is 3. The highest BCUT2D eigenvalue weighted by Gasteiger charge is 2.64. The molecule has 4 atom stereocenters. The van der Waals surface area contributed by atoms with Crippen LogP contribution in [0.25, 0.3) is 6.08 Å². The minimum Gasteiger partial charge on any atom is -0.357 e. The van der Waals surface area contributed by atoms with Crippen LogP contribution in [-0.2, 0) is 14.4 Å². The van der Waals surface area contributed by atoms with Crippen LogP contribution >= 0.6 is 11.6 Å². The SMILES string of the molecule is O=C(Nc1ccc(Cl)c([N+](=O)[O-])c1)[C@@H]1[C@@H]2C(=O)N(c3ccc(F)cc3)C(=O)[C@@H]2C2c3ccccc3C=CN21. The molecule has 0 spiro atoms. The number of benzene rings is 3. The van der Waals surface area contributed by atoms with Crippen LogP contribution in [0, 0.1) is 27.8 Å². The molecule has 0 saturated carbocycles. The van der Waals surface area contributed by atoms with Crippen molar-refractivity contribution in [2.75, 3.05) is 10.2 Å².